The van der Waals surface area contributed by atoms with Gasteiger partial charge in [-0.2, -0.15) is 0 Å². The van der Waals surface area contributed by atoms with Crippen molar-refractivity contribution in [2.24, 2.45) is 5.92 Å². The molecule has 1 fully saturated rings. The Labute approximate surface area is 154 Å². The monoisotopic (exact) mass is 342 g/mol. The Morgan fingerprint density at radius 3 is 1.80 bits per heavy atom. The number of esters is 1. The number of hydrogen-bond acceptors (Lipinski definition) is 2. The molecule has 2 nitrogen and oxygen atoms in total. The molecule has 138 valence electrons. The van der Waals surface area contributed by atoms with Crippen molar-refractivity contribution in [3.63, 3.8) is 0 Å². The van der Waals surface area contributed by atoms with Crippen molar-refractivity contribution in [1.29, 1.82) is 0 Å². The average molecular weight is 343 g/mol. The van der Waals surface area contributed by atoms with Gasteiger partial charge in [0.25, 0.3) is 0 Å². The van der Waals surface area contributed by atoms with Gasteiger partial charge in [-0.3, -0.25) is 4.79 Å². The van der Waals surface area contributed by atoms with Crippen LogP contribution in [0.5, 0.6) is 0 Å². The fourth-order valence-corrected chi connectivity index (χ4v) is 2.66. The van der Waals surface area contributed by atoms with E-state index in [1.165, 1.54) is 0 Å². The normalized spacial score (nSPS) is 20.1. The third kappa shape index (κ3) is 11.4. The summed E-state index contributed by atoms with van der Waals surface area (Å²) in [5, 5.41) is 0. The van der Waals surface area contributed by atoms with E-state index < -0.39 is 0 Å². The van der Waals surface area contributed by atoms with E-state index in [-0.39, 0.29) is 12.1 Å². The maximum atomic E-state index is 11.1. The van der Waals surface area contributed by atoms with Crippen molar-refractivity contribution in [3.05, 3.63) is 60.8 Å². The van der Waals surface area contributed by atoms with Gasteiger partial charge in [-0.1, -0.05) is 74.6 Å². The second-order valence-corrected chi connectivity index (χ2v) is 6.49. The second-order valence-electron chi connectivity index (χ2n) is 6.49. The van der Waals surface area contributed by atoms with Crippen LogP contribution >= 0.6 is 0 Å². The van der Waals surface area contributed by atoms with E-state index in [1.807, 2.05) is 0 Å². The van der Waals surface area contributed by atoms with Crippen molar-refractivity contribution in [2.75, 3.05) is 0 Å². The molecule has 2 atom stereocenters. The van der Waals surface area contributed by atoms with Gasteiger partial charge in [0, 0.05) is 6.42 Å². The molecule has 0 N–H and O–H groups in total. The maximum absolute atomic E-state index is 11.1. The molecular weight excluding hydrogens is 308 g/mol. The summed E-state index contributed by atoms with van der Waals surface area (Å²) in [5.41, 5.74) is 0. The van der Waals surface area contributed by atoms with Gasteiger partial charge >= 0.3 is 5.97 Å². The van der Waals surface area contributed by atoms with Crippen molar-refractivity contribution in [2.45, 2.75) is 71.3 Å². The second kappa shape index (κ2) is 14.5. The van der Waals surface area contributed by atoms with Crippen LogP contribution in [0.4, 0.5) is 0 Å². The summed E-state index contributed by atoms with van der Waals surface area (Å²) in [6.45, 7) is 4.31. The number of rotatable bonds is 12. The topological polar surface area (TPSA) is 26.3 Å². The quantitative estimate of drug-likeness (QED) is 0.300. The Balaban J connectivity index is 2.01. The summed E-state index contributed by atoms with van der Waals surface area (Å²) in [6, 6.07) is 0. The summed E-state index contributed by atoms with van der Waals surface area (Å²) in [5.74, 6) is 0.376. The minimum absolute atomic E-state index is 0.0411. The van der Waals surface area contributed by atoms with Crippen LogP contribution in [-0.2, 0) is 9.53 Å². The van der Waals surface area contributed by atoms with Gasteiger partial charge in [-0.05, 0) is 50.9 Å². The van der Waals surface area contributed by atoms with Crippen LogP contribution in [0.1, 0.15) is 65.2 Å². The lowest BCUT2D eigenvalue weighted by Crippen LogP contribution is -2.16. The largest absolute Gasteiger partial charge is 0.462 e. The Bertz CT molecular complexity index is 494. The van der Waals surface area contributed by atoms with Crippen molar-refractivity contribution in [1.82, 2.24) is 0 Å². The zero-order valence-corrected chi connectivity index (χ0v) is 15.9. The third-order valence-corrected chi connectivity index (χ3v) is 4.22. The molecule has 0 aromatic carbocycles. The molecule has 1 aliphatic heterocycles. The minimum Gasteiger partial charge on any atom is -0.462 e. The van der Waals surface area contributed by atoms with Gasteiger partial charge in [-0.25, -0.2) is 0 Å². The first-order valence-electron chi connectivity index (χ1n) is 9.68. The molecule has 0 bridgehead atoms. The molecule has 1 saturated heterocycles. The van der Waals surface area contributed by atoms with Gasteiger partial charge in [0.1, 0.15) is 6.10 Å². The zero-order valence-electron chi connectivity index (χ0n) is 15.9. The lowest BCUT2D eigenvalue weighted by Gasteiger charge is -2.15. The molecule has 1 rings (SSSR count). The fraction of sp³-hybridized carbons (Fsp3) is 0.522. The van der Waals surface area contributed by atoms with Gasteiger partial charge in [0.05, 0.1) is 0 Å². The predicted octanol–water partition coefficient (Wildman–Crippen LogP) is 6.47. The third-order valence-electron chi connectivity index (χ3n) is 4.22. The van der Waals surface area contributed by atoms with E-state index in [1.54, 1.807) is 0 Å². The molecule has 0 aromatic rings. The van der Waals surface area contributed by atoms with E-state index in [4.69, 9.17) is 4.74 Å². The van der Waals surface area contributed by atoms with E-state index in [2.05, 4.69) is 74.6 Å². The van der Waals surface area contributed by atoms with Crippen LogP contribution < -0.4 is 0 Å². The summed E-state index contributed by atoms with van der Waals surface area (Å²) in [6.07, 6.45) is 29.7. The first kappa shape index (κ1) is 21.2. The number of cyclic esters (lactones) is 1. The lowest BCUT2D eigenvalue weighted by atomic mass is 9.98. The standard InChI is InChI=1S/C23H34O2/c1-3-4-5-6-7-8-9-10-11-12-13-14-15-16-17-18-21(2)22-19-20-23(24)25-22/h4-5,7-8,10-11,13-14,16-17,21-22H,3,6,9,12,15,18-20H2,1-2H3/b5-4-,8-7-,11-10-,14-13-,17-16-. The van der Waals surface area contributed by atoms with Crippen LogP contribution in [0, 0.1) is 5.92 Å². The highest BCUT2D eigenvalue weighted by molar-refractivity contribution is 5.71. The predicted molar refractivity (Wildman–Crippen MR) is 107 cm³/mol. The average Bonchev–Trinajstić information content (AvgIpc) is 3.04. The zero-order chi connectivity index (χ0) is 18.2. The van der Waals surface area contributed by atoms with E-state index >= 15 is 0 Å². The van der Waals surface area contributed by atoms with Gasteiger partial charge < -0.3 is 4.74 Å². The number of carbonyl (C=O) groups is 1. The summed E-state index contributed by atoms with van der Waals surface area (Å²) in [4.78, 5) is 11.1. The van der Waals surface area contributed by atoms with E-state index in [0.29, 0.717) is 12.3 Å². The first-order chi connectivity index (χ1) is 12.2. The van der Waals surface area contributed by atoms with Crippen LogP contribution in [0.2, 0.25) is 0 Å². The molecule has 1 aliphatic rings. The number of ether oxygens (including phenoxy) is 1. The first-order valence-corrected chi connectivity index (χ1v) is 9.68. The Kier molecular flexibility index (Phi) is 12.3. The molecule has 25 heavy (non-hydrogen) atoms. The van der Waals surface area contributed by atoms with Crippen LogP contribution in [0.15, 0.2) is 60.8 Å². The molecule has 0 spiro atoms. The number of carbonyl (C=O) groups excluding carboxylic acids is 1. The molecule has 0 saturated carbocycles. The van der Waals surface area contributed by atoms with E-state index in [9.17, 15) is 4.79 Å². The molecule has 2 heteroatoms. The van der Waals surface area contributed by atoms with Crippen molar-refractivity contribution in [3.8, 4) is 0 Å². The highest BCUT2D eigenvalue weighted by atomic mass is 16.5. The molecular formula is C23H34O2. The SMILES string of the molecule is CC/C=C\C/C=C\C/C=C\C/C=C\C/C=C\CC(C)C1CCC(=O)O1. The van der Waals surface area contributed by atoms with Crippen LogP contribution in [0.3, 0.4) is 0 Å². The summed E-state index contributed by atoms with van der Waals surface area (Å²) >= 11 is 0. The molecule has 2 unspecified atom stereocenters. The Morgan fingerprint density at radius 2 is 1.36 bits per heavy atom. The Hall–Kier alpha value is -1.83. The van der Waals surface area contributed by atoms with Gasteiger partial charge in [0.15, 0.2) is 0 Å². The Morgan fingerprint density at radius 1 is 0.880 bits per heavy atom. The highest BCUT2D eigenvalue weighted by Crippen LogP contribution is 2.23. The summed E-state index contributed by atoms with van der Waals surface area (Å²) in [7, 11) is 0. The van der Waals surface area contributed by atoms with E-state index in [0.717, 1.165) is 44.9 Å². The smallest absolute Gasteiger partial charge is 0.306 e. The van der Waals surface area contributed by atoms with Gasteiger partial charge in [-0.15, -0.1) is 0 Å². The van der Waals surface area contributed by atoms with Crippen LogP contribution in [0.25, 0.3) is 0 Å². The van der Waals surface area contributed by atoms with Crippen molar-refractivity contribution >= 4 is 5.97 Å². The molecule has 0 aromatic heterocycles. The number of hydrogen-bond donors (Lipinski definition) is 0. The van der Waals surface area contributed by atoms with Crippen LogP contribution in [-0.4, -0.2) is 12.1 Å². The maximum Gasteiger partial charge on any atom is 0.306 e. The fourth-order valence-electron chi connectivity index (χ4n) is 2.66. The minimum atomic E-state index is -0.0411. The van der Waals surface area contributed by atoms with Crippen molar-refractivity contribution < 1.29 is 9.53 Å². The molecule has 0 radical (unpaired) electrons. The molecule has 0 amide bonds. The number of allylic oxidation sites excluding steroid dienone is 10. The molecule has 1 heterocycles. The molecule has 0 aliphatic carbocycles. The van der Waals surface area contributed by atoms with Gasteiger partial charge in [0.2, 0.25) is 0 Å². The highest BCUT2D eigenvalue weighted by Gasteiger charge is 2.27. The lowest BCUT2D eigenvalue weighted by molar-refractivity contribution is -0.142. The summed E-state index contributed by atoms with van der Waals surface area (Å²) < 4.78 is 5.30.